The first-order valence-electron chi connectivity index (χ1n) is 34.4. The standard InChI is InChI=1S/C73H130O6/c1-4-7-10-13-16-19-22-25-28-30-32-34-36-38-40-42-45-48-51-54-57-60-63-66-72(75)78-69-70(68-77-71(74)65-62-59-56-53-50-47-44-27-24-21-18-15-12-9-6-3)79-73(76)67-64-61-58-55-52-49-46-43-41-39-37-35-33-31-29-26-23-20-17-14-11-8-5-2/h18,21-22,25,27,30-33,36,38,44,70H,4-17,19-20,23-24,26,28-29,34-35,37,39-43,45-69H2,1-3H3/b21-18-,25-22-,32-30-,33-31-,38-36-,44-27-. The fourth-order valence-corrected chi connectivity index (χ4v) is 9.95. The van der Waals surface area contributed by atoms with E-state index in [2.05, 4.69) is 93.7 Å². The summed E-state index contributed by atoms with van der Waals surface area (Å²) < 4.78 is 17.0. The third-order valence-electron chi connectivity index (χ3n) is 15.2. The maximum Gasteiger partial charge on any atom is 0.306 e. The van der Waals surface area contributed by atoms with Gasteiger partial charge in [-0.05, 0) is 116 Å². The molecule has 0 saturated heterocycles. The molecular formula is C73H130O6. The lowest BCUT2D eigenvalue weighted by Gasteiger charge is -2.18. The minimum atomic E-state index is -0.787. The second-order valence-corrected chi connectivity index (χ2v) is 23.1. The Morgan fingerprint density at radius 1 is 0.253 bits per heavy atom. The number of allylic oxidation sites excluding steroid dienone is 12. The summed E-state index contributed by atoms with van der Waals surface area (Å²) in [6, 6.07) is 0. The Kier molecular flexibility index (Phi) is 64.7. The molecule has 0 aliphatic heterocycles. The van der Waals surface area contributed by atoms with Crippen molar-refractivity contribution >= 4 is 17.9 Å². The van der Waals surface area contributed by atoms with Crippen LogP contribution in [-0.2, 0) is 28.6 Å². The van der Waals surface area contributed by atoms with Crippen molar-refractivity contribution in [3.63, 3.8) is 0 Å². The van der Waals surface area contributed by atoms with Crippen LogP contribution in [0.25, 0.3) is 0 Å². The van der Waals surface area contributed by atoms with Crippen LogP contribution < -0.4 is 0 Å². The van der Waals surface area contributed by atoms with Crippen molar-refractivity contribution in [3.8, 4) is 0 Å². The lowest BCUT2D eigenvalue weighted by molar-refractivity contribution is -0.167. The topological polar surface area (TPSA) is 78.9 Å². The molecule has 0 rings (SSSR count). The van der Waals surface area contributed by atoms with E-state index >= 15 is 0 Å². The van der Waals surface area contributed by atoms with Crippen LogP contribution in [0, 0.1) is 0 Å². The first kappa shape index (κ1) is 75.8. The summed E-state index contributed by atoms with van der Waals surface area (Å²) in [6.07, 6.45) is 87.7. The molecule has 0 saturated carbocycles. The highest BCUT2D eigenvalue weighted by atomic mass is 16.6. The highest BCUT2D eigenvalue weighted by molar-refractivity contribution is 5.71. The SMILES string of the molecule is CCCCC/C=C\C/C=C\CCCCCCCC(=O)OCC(COC(=O)CCCCCCCCCC/C=C\C/C=C\C/C=C\CCCCCCC)OC(=O)CCCCCCCCCCCCC/C=C\CCCCCCCCCC. The molecule has 0 aliphatic carbocycles. The summed E-state index contributed by atoms with van der Waals surface area (Å²) >= 11 is 0. The zero-order chi connectivity index (χ0) is 57.1. The molecule has 0 amide bonds. The molecule has 0 aromatic heterocycles. The number of unbranched alkanes of at least 4 members (excludes halogenated alkanes) is 40. The number of rotatable bonds is 63. The number of carbonyl (C=O) groups is 3. The van der Waals surface area contributed by atoms with Crippen molar-refractivity contribution < 1.29 is 28.6 Å². The predicted molar refractivity (Wildman–Crippen MR) is 344 cm³/mol. The van der Waals surface area contributed by atoms with Crippen LogP contribution in [0.1, 0.15) is 355 Å². The van der Waals surface area contributed by atoms with Gasteiger partial charge in [-0.2, -0.15) is 0 Å². The molecule has 0 aromatic rings. The maximum absolute atomic E-state index is 13.0. The summed E-state index contributed by atoms with van der Waals surface area (Å²) in [6.45, 7) is 6.63. The Bertz CT molecular complexity index is 1450. The molecule has 6 nitrogen and oxygen atoms in total. The Balaban J connectivity index is 4.35. The maximum atomic E-state index is 13.0. The summed E-state index contributed by atoms with van der Waals surface area (Å²) in [5, 5.41) is 0. The average Bonchev–Trinajstić information content (AvgIpc) is 3.45. The van der Waals surface area contributed by atoms with Crippen molar-refractivity contribution in [1.82, 2.24) is 0 Å². The third kappa shape index (κ3) is 65.5. The predicted octanol–water partition coefficient (Wildman–Crippen LogP) is 23.7. The van der Waals surface area contributed by atoms with Crippen molar-refractivity contribution in [3.05, 3.63) is 72.9 Å². The van der Waals surface area contributed by atoms with Crippen LogP contribution in [0.2, 0.25) is 0 Å². The Morgan fingerprint density at radius 3 is 0.747 bits per heavy atom. The molecule has 0 aliphatic rings. The lowest BCUT2D eigenvalue weighted by Crippen LogP contribution is -2.30. The Hall–Kier alpha value is -3.15. The van der Waals surface area contributed by atoms with Crippen LogP contribution in [-0.4, -0.2) is 37.2 Å². The number of carbonyl (C=O) groups excluding carboxylic acids is 3. The van der Waals surface area contributed by atoms with E-state index in [1.54, 1.807) is 0 Å². The van der Waals surface area contributed by atoms with E-state index in [1.165, 1.54) is 218 Å². The second kappa shape index (κ2) is 67.4. The molecule has 6 heteroatoms. The Morgan fingerprint density at radius 2 is 0.456 bits per heavy atom. The monoisotopic (exact) mass is 1100 g/mol. The fraction of sp³-hybridized carbons (Fsp3) is 0.795. The van der Waals surface area contributed by atoms with Gasteiger partial charge in [-0.3, -0.25) is 14.4 Å². The molecule has 0 aromatic carbocycles. The van der Waals surface area contributed by atoms with E-state index in [1.807, 2.05) is 0 Å². The highest BCUT2D eigenvalue weighted by Gasteiger charge is 2.19. The van der Waals surface area contributed by atoms with Gasteiger partial charge < -0.3 is 14.2 Å². The van der Waals surface area contributed by atoms with Crippen molar-refractivity contribution in [2.45, 2.75) is 361 Å². The molecule has 0 heterocycles. The van der Waals surface area contributed by atoms with Gasteiger partial charge in [0.1, 0.15) is 13.2 Å². The second-order valence-electron chi connectivity index (χ2n) is 23.1. The van der Waals surface area contributed by atoms with Gasteiger partial charge in [-0.15, -0.1) is 0 Å². The minimum absolute atomic E-state index is 0.0825. The van der Waals surface area contributed by atoms with E-state index in [0.717, 1.165) is 96.3 Å². The first-order valence-corrected chi connectivity index (χ1v) is 34.4. The molecule has 0 N–H and O–H groups in total. The number of hydrogen-bond acceptors (Lipinski definition) is 6. The lowest BCUT2D eigenvalue weighted by atomic mass is 10.0. The van der Waals surface area contributed by atoms with Gasteiger partial charge in [-0.25, -0.2) is 0 Å². The number of ether oxygens (including phenoxy) is 3. The van der Waals surface area contributed by atoms with Gasteiger partial charge in [0.05, 0.1) is 0 Å². The average molecular weight is 1100 g/mol. The van der Waals surface area contributed by atoms with E-state index in [-0.39, 0.29) is 31.1 Å². The van der Waals surface area contributed by atoms with Crippen LogP contribution >= 0.6 is 0 Å². The van der Waals surface area contributed by atoms with E-state index < -0.39 is 6.10 Å². The van der Waals surface area contributed by atoms with Crippen LogP contribution in [0.4, 0.5) is 0 Å². The van der Waals surface area contributed by atoms with Crippen molar-refractivity contribution in [1.29, 1.82) is 0 Å². The van der Waals surface area contributed by atoms with Crippen molar-refractivity contribution in [2.75, 3.05) is 13.2 Å². The fourth-order valence-electron chi connectivity index (χ4n) is 9.95. The summed E-state index contributed by atoms with van der Waals surface area (Å²) in [5.41, 5.74) is 0. The van der Waals surface area contributed by atoms with E-state index in [0.29, 0.717) is 19.3 Å². The first-order chi connectivity index (χ1) is 39.0. The molecule has 0 spiro atoms. The van der Waals surface area contributed by atoms with Gasteiger partial charge in [0, 0.05) is 19.3 Å². The highest BCUT2D eigenvalue weighted by Crippen LogP contribution is 2.17. The molecule has 1 atom stereocenters. The zero-order valence-corrected chi connectivity index (χ0v) is 52.6. The minimum Gasteiger partial charge on any atom is -0.462 e. The zero-order valence-electron chi connectivity index (χ0n) is 52.6. The summed E-state index contributed by atoms with van der Waals surface area (Å²) in [7, 11) is 0. The van der Waals surface area contributed by atoms with Crippen LogP contribution in [0.5, 0.6) is 0 Å². The van der Waals surface area contributed by atoms with Gasteiger partial charge in [0.15, 0.2) is 6.10 Å². The van der Waals surface area contributed by atoms with Crippen LogP contribution in [0.15, 0.2) is 72.9 Å². The summed E-state index contributed by atoms with van der Waals surface area (Å²) in [5.74, 6) is -0.886. The molecule has 458 valence electrons. The van der Waals surface area contributed by atoms with Gasteiger partial charge in [-0.1, -0.05) is 293 Å². The Labute approximate surface area is 491 Å². The van der Waals surface area contributed by atoms with E-state index in [4.69, 9.17) is 14.2 Å². The largest absolute Gasteiger partial charge is 0.462 e. The van der Waals surface area contributed by atoms with Gasteiger partial charge >= 0.3 is 17.9 Å². The van der Waals surface area contributed by atoms with Gasteiger partial charge in [0.2, 0.25) is 0 Å². The molecule has 1 unspecified atom stereocenters. The molecule has 0 bridgehead atoms. The smallest absolute Gasteiger partial charge is 0.306 e. The number of hydrogen-bond donors (Lipinski definition) is 0. The van der Waals surface area contributed by atoms with E-state index in [9.17, 15) is 14.4 Å². The van der Waals surface area contributed by atoms with Crippen molar-refractivity contribution in [2.24, 2.45) is 0 Å². The number of esters is 3. The summed E-state index contributed by atoms with van der Waals surface area (Å²) in [4.78, 5) is 38.4. The third-order valence-corrected chi connectivity index (χ3v) is 15.2. The molecule has 0 fully saturated rings. The molecule has 0 radical (unpaired) electrons. The molecule has 79 heavy (non-hydrogen) atoms. The quantitative estimate of drug-likeness (QED) is 0.0261. The van der Waals surface area contributed by atoms with Gasteiger partial charge in [0.25, 0.3) is 0 Å². The molecular weight excluding hydrogens is 973 g/mol. The van der Waals surface area contributed by atoms with Crippen LogP contribution in [0.3, 0.4) is 0 Å². The normalized spacial score (nSPS) is 12.5.